The molecule has 2 aromatic rings. The minimum absolute atomic E-state index is 0.228. The highest BCUT2D eigenvalue weighted by molar-refractivity contribution is 7.18. The summed E-state index contributed by atoms with van der Waals surface area (Å²) in [6.45, 7) is 2.28. The molecule has 1 fully saturated rings. The number of nitrogens with zero attached hydrogens (tertiary/aromatic N) is 1. The van der Waals surface area contributed by atoms with E-state index < -0.39 is 0 Å². The number of hydrogen-bond donors (Lipinski definition) is 1. The first kappa shape index (κ1) is 12.4. The summed E-state index contributed by atoms with van der Waals surface area (Å²) in [4.78, 5) is 4.71. The Bertz CT molecular complexity index is 580. The standard InChI is InChI=1S/C14H17ClN2S/c1-9-3-2-6-14(16,8-9)13-17-11-7-10(15)4-5-12(11)18-13/h4-5,7,9H,2-3,6,8,16H2,1H3. The lowest BCUT2D eigenvalue weighted by molar-refractivity contribution is 0.239. The summed E-state index contributed by atoms with van der Waals surface area (Å²) >= 11 is 7.72. The maximum Gasteiger partial charge on any atom is 0.114 e. The second kappa shape index (κ2) is 4.48. The van der Waals surface area contributed by atoms with Crippen LogP contribution in [0.2, 0.25) is 5.02 Å². The summed E-state index contributed by atoms with van der Waals surface area (Å²) in [5.41, 5.74) is 7.34. The van der Waals surface area contributed by atoms with Gasteiger partial charge in [0.25, 0.3) is 0 Å². The van der Waals surface area contributed by atoms with E-state index in [1.165, 1.54) is 17.5 Å². The summed E-state index contributed by atoms with van der Waals surface area (Å²) in [6, 6.07) is 5.87. The van der Waals surface area contributed by atoms with Crippen LogP contribution in [0.4, 0.5) is 0 Å². The normalized spacial score (nSPS) is 28.7. The molecule has 0 radical (unpaired) electrons. The van der Waals surface area contributed by atoms with Gasteiger partial charge in [0.15, 0.2) is 0 Å². The van der Waals surface area contributed by atoms with Crippen molar-refractivity contribution in [2.75, 3.05) is 0 Å². The van der Waals surface area contributed by atoms with Crippen LogP contribution in [0.5, 0.6) is 0 Å². The third kappa shape index (κ3) is 2.15. The number of nitrogens with two attached hydrogens (primary N) is 1. The van der Waals surface area contributed by atoms with Gasteiger partial charge < -0.3 is 5.73 Å². The van der Waals surface area contributed by atoms with Crippen molar-refractivity contribution >= 4 is 33.2 Å². The third-order valence-corrected chi connectivity index (χ3v) is 5.30. The molecule has 1 aliphatic carbocycles. The third-order valence-electron chi connectivity index (χ3n) is 3.81. The van der Waals surface area contributed by atoms with Crippen molar-refractivity contribution in [1.82, 2.24) is 4.98 Å². The molecule has 1 aromatic carbocycles. The maximum atomic E-state index is 6.59. The van der Waals surface area contributed by atoms with E-state index in [-0.39, 0.29) is 5.54 Å². The van der Waals surface area contributed by atoms with Gasteiger partial charge in [-0.1, -0.05) is 31.4 Å². The Morgan fingerprint density at radius 1 is 1.50 bits per heavy atom. The van der Waals surface area contributed by atoms with Crippen molar-refractivity contribution in [3.05, 3.63) is 28.2 Å². The van der Waals surface area contributed by atoms with E-state index in [0.29, 0.717) is 5.92 Å². The van der Waals surface area contributed by atoms with E-state index in [0.717, 1.165) is 28.4 Å². The Kier molecular flexibility index (Phi) is 3.08. The van der Waals surface area contributed by atoms with Crippen LogP contribution in [0.3, 0.4) is 0 Å². The van der Waals surface area contributed by atoms with E-state index in [9.17, 15) is 0 Å². The van der Waals surface area contributed by atoms with E-state index >= 15 is 0 Å². The van der Waals surface area contributed by atoms with Gasteiger partial charge in [-0.05, 0) is 37.0 Å². The summed E-state index contributed by atoms with van der Waals surface area (Å²) < 4.78 is 1.18. The summed E-state index contributed by atoms with van der Waals surface area (Å²) in [7, 11) is 0. The molecule has 0 spiro atoms. The molecule has 2 N–H and O–H groups in total. The fraction of sp³-hybridized carbons (Fsp3) is 0.500. The molecule has 1 aromatic heterocycles. The van der Waals surface area contributed by atoms with Gasteiger partial charge in [-0.3, -0.25) is 0 Å². The number of aromatic nitrogens is 1. The molecule has 2 nitrogen and oxygen atoms in total. The molecule has 2 atom stereocenters. The Morgan fingerprint density at radius 3 is 3.11 bits per heavy atom. The molecule has 0 saturated heterocycles. The van der Waals surface area contributed by atoms with Crippen molar-refractivity contribution in [2.45, 2.75) is 38.1 Å². The Morgan fingerprint density at radius 2 is 2.33 bits per heavy atom. The SMILES string of the molecule is CC1CCCC(N)(c2nc3cc(Cl)ccc3s2)C1. The number of fused-ring (bicyclic) bond motifs is 1. The largest absolute Gasteiger partial charge is 0.319 e. The quantitative estimate of drug-likeness (QED) is 0.845. The molecule has 0 bridgehead atoms. The molecule has 96 valence electrons. The second-order valence-electron chi connectivity index (χ2n) is 5.49. The predicted molar refractivity (Wildman–Crippen MR) is 78.1 cm³/mol. The molecule has 1 aliphatic rings. The minimum Gasteiger partial charge on any atom is -0.319 e. The second-order valence-corrected chi connectivity index (χ2v) is 6.96. The van der Waals surface area contributed by atoms with Crippen molar-refractivity contribution in [3.63, 3.8) is 0 Å². The lowest BCUT2D eigenvalue weighted by Crippen LogP contribution is -2.40. The fourth-order valence-corrected chi connectivity index (χ4v) is 4.15. The average Bonchev–Trinajstić information content (AvgIpc) is 2.72. The highest BCUT2D eigenvalue weighted by atomic mass is 35.5. The van der Waals surface area contributed by atoms with Crippen LogP contribution >= 0.6 is 22.9 Å². The van der Waals surface area contributed by atoms with Crippen LogP contribution in [-0.4, -0.2) is 4.98 Å². The molecule has 1 saturated carbocycles. The highest BCUT2D eigenvalue weighted by Crippen LogP contribution is 2.40. The lowest BCUT2D eigenvalue weighted by Gasteiger charge is -2.35. The van der Waals surface area contributed by atoms with Gasteiger partial charge in [-0.25, -0.2) is 4.98 Å². The van der Waals surface area contributed by atoms with Gasteiger partial charge >= 0.3 is 0 Å². The van der Waals surface area contributed by atoms with Gasteiger partial charge in [0.1, 0.15) is 5.01 Å². The molecule has 1 heterocycles. The van der Waals surface area contributed by atoms with Crippen LogP contribution < -0.4 is 5.73 Å². The average molecular weight is 281 g/mol. The van der Waals surface area contributed by atoms with E-state index in [2.05, 4.69) is 6.92 Å². The summed E-state index contributed by atoms with van der Waals surface area (Å²) in [5, 5.41) is 1.81. The monoisotopic (exact) mass is 280 g/mol. The fourth-order valence-electron chi connectivity index (χ4n) is 2.90. The predicted octanol–water partition coefficient (Wildman–Crippen LogP) is 4.31. The number of rotatable bonds is 1. The number of benzene rings is 1. The van der Waals surface area contributed by atoms with E-state index in [1.807, 2.05) is 18.2 Å². The Hall–Kier alpha value is -0.640. The maximum absolute atomic E-state index is 6.59. The van der Waals surface area contributed by atoms with Gasteiger partial charge in [-0.2, -0.15) is 0 Å². The van der Waals surface area contributed by atoms with Gasteiger partial charge in [-0.15, -0.1) is 11.3 Å². The first-order valence-electron chi connectivity index (χ1n) is 6.42. The summed E-state index contributed by atoms with van der Waals surface area (Å²) in [5.74, 6) is 0.694. The number of hydrogen-bond acceptors (Lipinski definition) is 3. The van der Waals surface area contributed by atoms with E-state index in [1.54, 1.807) is 11.3 Å². The molecular weight excluding hydrogens is 264 g/mol. The molecular formula is C14H17ClN2S. The molecule has 2 unspecified atom stereocenters. The summed E-state index contributed by atoms with van der Waals surface area (Å²) in [6.07, 6.45) is 4.58. The zero-order valence-corrected chi connectivity index (χ0v) is 12.0. The minimum atomic E-state index is -0.228. The zero-order valence-electron chi connectivity index (χ0n) is 10.4. The van der Waals surface area contributed by atoms with Crippen LogP contribution in [0.1, 0.15) is 37.6 Å². The van der Waals surface area contributed by atoms with Crippen LogP contribution in [0.15, 0.2) is 18.2 Å². The highest BCUT2D eigenvalue weighted by Gasteiger charge is 2.35. The van der Waals surface area contributed by atoms with Crippen LogP contribution in [0, 0.1) is 5.92 Å². The molecule has 4 heteroatoms. The van der Waals surface area contributed by atoms with E-state index in [4.69, 9.17) is 22.3 Å². The number of halogens is 1. The molecule has 3 rings (SSSR count). The van der Waals surface area contributed by atoms with Crippen molar-refractivity contribution in [1.29, 1.82) is 0 Å². The zero-order chi connectivity index (χ0) is 12.8. The Balaban J connectivity index is 2.03. The van der Waals surface area contributed by atoms with Crippen molar-refractivity contribution < 1.29 is 0 Å². The van der Waals surface area contributed by atoms with Gasteiger partial charge in [0.2, 0.25) is 0 Å². The Labute approximate surface area is 116 Å². The first-order valence-corrected chi connectivity index (χ1v) is 7.62. The lowest BCUT2D eigenvalue weighted by atomic mass is 9.77. The van der Waals surface area contributed by atoms with Crippen molar-refractivity contribution in [3.8, 4) is 0 Å². The first-order chi connectivity index (χ1) is 8.57. The van der Waals surface area contributed by atoms with Crippen LogP contribution in [0.25, 0.3) is 10.2 Å². The van der Waals surface area contributed by atoms with Gasteiger partial charge in [0, 0.05) is 5.02 Å². The number of thiazole rings is 1. The van der Waals surface area contributed by atoms with Crippen LogP contribution in [-0.2, 0) is 5.54 Å². The van der Waals surface area contributed by atoms with Gasteiger partial charge in [0.05, 0.1) is 15.8 Å². The molecule has 0 aliphatic heterocycles. The van der Waals surface area contributed by atoms with Crippen molar-refractivity contribution in [2.24, 2.45) is 11.7 Å². The molecule has 18 heavy (non-hydrogen) atoms. The topological polar surface area (TPSA) is 38.9 Å². The smallest absolute Gasteiger partial charge is 0.114 e. The molecule has 0 amide bonds.